The first kappa shape index (κ1) is 21.4. The summed E-state index contributed by atoms with van der Waals surface area (Å²) >= 11 is 6.55. The molecule has 0 spiro atoms. The lowest BCUT2D eigenvalue weighted by atomic mass is 9.80. The van der Waals surface area contributed by atoms with Crippen LogP contribution in [-0.4, -0.2) is 24.7 Å². The Balaban J connectivity index is 1.49. The van der Waals surface area contributed by atoms with E-state index in [9.17, 15) is 4.79 Å². The van der Waals surface area contributed by atoms with Crippen molar-refractivity contribution in [1.29, 1.82) is 0 Å². The molecule has 0 radical (unpaired) electrons. The summed E-state index contributed by atoms with van der Waals surface area (Å²) in [5.74, 6) is 0.267. The van der Waals surface area contributed by atoms with Crippen molar-refractivity contribution in [2.45, 2.75) is 45.1 Å². The van der Waals surface area contributed by atoms with E-state index in [2.05, 4.69) is 49.3 Å². The van der Waals surface area contributed by atoms with Crippen molar-refractivity contribution in [2.24, 2.45) is 5.10 Å². The van der Waals surface area contributed by atoms with Gasteiger partial charge in [0.2, 0.25) is 5.91 Å². The third kappa shape index (κ3) is 4.31. The third-order valence-corrected chi connectivity index (χ3v) is 6.70. The lowest BCUT2D eigenvalue weighted by molar-refractivity contribution is -0.120. The molecule has 1 heterocycles. The molecule has 0 aromatic heterocycles. The molecule has 0 aliphatic carbocycles. The van der Waals surface area contributed by atoms with Crippen LogP contribution < -0.4 is 10.3 Å². The number of nitrogens with zero attached hydrogens (tertiary/aromatic N) is 2. The van der Waals surface area contributed by atoms with Crippen molar-refractivity contribution in [3.63, 3.8) is 0 Å². The molecule has 0 fully saturated rings. The number of hydrazone groups is 1. The fourth-order valence-electron chi connectivity index (χ4n) is 4.54. The molecule has 160 valence electrons. The van der Waals surface area contributed by atoms with Gasteiger partial charge < -0.3 is 4.90 Å². The Bertz CT molecular complexity index is 1160. The van der Waals surface area contributed by atoms with E-state index in [1.807, 2.05) is 48.5 Å². The standard InChI is InChI=1S/C26H28ClN3O/c1-17-15-26(2,3)30(4)24-14-23(27)20(12-22(17)24)16-28-29-25(31)13-19-10-7-9-18-8-5-6-11-21(18)19/h5-12,14,16-17H,13,15H2,1-4H3,(H,29,31)/b28-16-. The number of hydrogen-bond donors (Lipinski definition) is 1. The molecule has 0 saturated heterocycles. The van der Waals surface area contributed by atoms with Gasteiger partial charge in [0, 0.05) is 23.8 Å². The molecular weight excluding hydrogens is 406 g/mol. The van der Waals surface area contributed by atoms with Crippen LogP contribution in [0, 0.1) is 0 Å². The molecule has 4 rings (SSSR count). The van der Waals surface area contributed by atoms with E-state index in [0.717, 1.165) is 34.0 Å². The summed E-state index contributed by atoms with van der Waals surface area (Å²) < 4.78 is 0. The Labute approximate surface area is 188 Å². The Hall–Kier alpha value is -2.85. The summed E-state index contributed by atoms with van der Waals surface area (Å²) in [6.07, 6.45) is 2.97. The molecule has 3 aromatic carbocycles. The van der Waals surface area contributed by atoms with Crippen molar-refractivity contribution < 1.29 is 4.79 Å². The smallest absolute Gasteiger partial charge is 0.244 e. The maximum Gasteiger partial charge on any atom is 0.244 e. The minimum absolute atomic E-state index is 0.0843. The number of fused-ring (bicyclic) bond motifs is 2. The minimum atomic E-state index is -0.156. The van der Waals surface area contributed by atoms with Crippen LogP contribution in [0.5, 0.6) is 0 Å². The van der Waals surface area contributed by atoms with E-state index in [4.69, 9.17) is 11.6 Å². The van der Waals surface area contributed by atoms with E-state index in [1.165, 1.54) is 5.56 Å². The topological polar surface area (TPSA) is 44.7 Å². The first-order valence-corrected chi connectivity index (χ1v) is 11.0. The molecule has 1 N–H and O–H groups in total. The molecule has 1 atom stereocenters. The average molecular weight is 434 g/mol. The number of anilines is 1. The highest BCUT2D eigenvalue weighted by molar-refractivity contribution is 6.33. The number of nitrogens with one attached hydrogen (secondary N) is 1. The monoisotopic (exact) mass is 433 g/mol. The van der Waals surface area contributed by atoms with Crippen molar-refractivity contribution >= 4 is 40.2 Å². The number of halogens is 1. The number of carbonyl (C=O) groups is 1. The van der Waals surface area contributed by atoms with Gasteiger partial charge in [-0.1, -0.05) is 61.0 Å². The van der Waals surface area contributed by atoms with Crippen LogP contribution in [0.1, 0.15) is 49.8 Å². The summed E-state index contributed by atoms with van der Waals surface area (Å²) in [5, 5.41) is 7.02. The highest BCUT2D eigenvalue weighted by Gasteiger charge is 2.34. The molecule has 5 heteroatoms. The summed E-state index contributed by atoms with van der Waals surface area (Å²) in [7, 11) is 2.11. The molecule has 4 nitrogen and oxygen atoms in total. The summed E-state index contributed by atoms with van der Waals surface area (Å²) in [4.78, 5) is 14.8. The molecule has 1 unspecified atom stereocenters. The predicted molar refractivity (Wildman–Crippen MR) is 130 cm³/mol. The fraction of sp³-hybridized carbons (Fsp3) is 0.308. The number of rotatable bonds is 4. The Morgan fingerprint density at radius 1 is 1.23 bits per heavy atom. The second-order valence-corrected chi connectivity index (χ2v) is 9.42. The van der Waals surface area contributed by atoms with Crippen molar-refractivity contribution in [2.75, 3.05) is 11.9 Å². The molecule has 1 aliphatic rings. The Kier molecular flexibility index (Phi) is 5.76. The third-order valence-electron chi connectivity index (χ3n) is 6.38. The van der Waals surface area contributed by atoms with Crippen LogP contribution >= 0.6 is 11.6 Å². The van der Waals surface area contributed by atoms with Gasteiger partial charge in [-0.05, 0) is 60.2 Å². The molecule has 1 aliphatic heterocycles. The zero-order valence-electron chi connectivity index (χ0n) is 18.4. The van der Waals surface area contributed by atoms with Gasteiger partial charge in [-0.15, -0.1) is 0 Å². The van der Waals surface area contributed by atoms with Crippen molar-refractivity contribution in [3.8, 4) is 0 Å². The lowest BCUT2D eigenvalue weighted by Crippen LogP contribution is -2.45. The fourth-order valence-corrected chi connectivity index (χ4v) is 4.74. The van der Waals surface area contributed by atoms with Crippen molar-refractivity contribution in [3.05, 3.63) is 76.3 Å². The van der Waals surface area contributed by atoms with Crippen LogP contribution in [0.15, 0.2) is 59.7 Å². The molecule has 31 heavy (non-hydrogen) atoms. The predicted octanol–water partition coefficient (Wildman–Crippen LogP) is 5.91. The van der Waals surface area contributed by atoms with Gasteiger partial charge in [0.25, 0.3) is 0 Å². The van der Waals surface area contributed by atoms with E-state index in [1.54, 1.807) is 6.21 Å². The molecule has 1 amide bonds. The van der Waals surface area contributed by atoms with Crippen molar-refractivity contribution in [1.82, 2.24) is 5.43 Å². The van der Waals surface area contributed by atoms with E-state index in [-0.39, 0.29) is 17.9 Å². The number of carbonyl (C=O) groups excluding carboxylic acids is 1. The van der Waals surface area contributed by atoms with Crippen LogP contribution in [0.2, 0.25) is 5.02 Å². The lowest BCUT2D eigenvalue weighted by Gasteiger charge is -2.45. The van der Waals surface area contributed by atoms with Crippen LogP contribution in [0.25, 0.3) is 10.8 Å². The quantitative estimate of drug-likeness (QED) is 0.410. The molecule has 3 aromatic rings. The summed E-state index contributed by atoms with van der Waals surface area (Å²) in [5.41, 5.74) is 6.94. The molecule has 0 saturated carbocycles. The number of hydrogen-bond acceptors (Lipinski definition) is 3. The van der Waals surface area contributed by atoms with E-state index < -0.39 is 0 Å². The SMILES string of the molecule is CC1CC(C)(C)N(C)c2cc(Cl)c(/C=N\NC(=O)Cc3cccc4ccccc34)cc21. The van der Waals surface area contributed by atoms with Gasteiger partial charge in [0.1, 0.15) is 0 Å². The maximum absolute atomic E-state index is 12.5. The number of benzene rings is 3. The summed E-state index contributed by atoms with van der Waals surface area (Å²) in [6.45, 7) is 6.75. The molecular formula is C26H28ClN3O. The normalized spacial score (nSPS) is 17.7. The average Bonchev–Trinajstić information content (AvgIpc) is 2.73. The second-order valence-electron chi connectivity index (χ2n) is 9.02. The Morgan fingerprint density at radius 3 is 2.77 bits per heavy atom. The van der Waals surface area contributed by atoms with E-state index >= 15 is 0 Å². The van der Waals surface area contributed by atoms with Gasteiger partial charge in [-0.3, -0.25) is 4.79 Å². The first-order valence-electron chi connectivity index (χ1n) is 10.6. The number of amides is 1. The van der Waals surface area contributed by atoms with Gasteiger partial charge in [0.05, 0.1) is 17.7 Å². The van der Waals surface area contributed by atoms with Crippen LogP contribution in [-0.2, 0) is 11.2 Å². The molecule has 0 bridgehead atoms. The van der Waals surface area contributed by atoms with Gasteiger partial charge in [0.15, 0.2) is 0 Å². The highest BCUT2D eigenvalue weighted by atomic mass is 35.5. The first-order chi connectivity index (χ1) is 14.8. The zero-order chi connectivity index (χ0) is 22.2. The highest BCUT2D eigenvalue weighted by Crippen LogP contribution is 2.44. The zero-order valence-corrected chi connectivity index (χ0v) is 19.2. The van der Waals surface area contributed by atoms with Gasteiger partial charge in [-0.2, -0.15) is 5.10 Å². The second kappa shape index (κ2) is 8.35. The van der Waals surface area contributed by atoms with Crippen LogP contribution in [0.4, 0.5) is 5.69 Å². The summed E-state index contributed by atoms with van der Waals surface area (Å²) in [6, 6.07) is 18.2. The Morgan fingerprint density at radius 2 is 1.97 bits per heavy atom. The van der Waals surface area contributed by atoms with Crippen LogP contribution in [0.3, 0.4) is 0 Å². The maximum atomic E-state index is 12.5. The largest absolute Gasteiger partial charge is 0.369 e. The van der Waals surface area contributed by atoms with E-state index in [0.29, 0.717) is 10.9 Å². The van der Waals surface area contributed by atoms with Gasteiger partial charge >= 0.3 is 0 Å². The minimum Gasteiger partial charge on any atom is -0.369 e. The van der Waals surface area contributed by atoms with Gasteiger partial charge in [-0.25, -0.2) is 5.43 Å².